The van der Waals surface area contributed by atoms with E-state index in [-0.39, 0.29) is 17.0 Å². The van der Waals surface area contributed by atoms with Crippen LogP contribution in [0.1, 0.15) is 43.0 Å². The standard InChI is InChI=1S/C17H24N2O5S/c1-2-4-14(17(21)22)11-18-16(20)13-5-3-6-15(9-13)25(23,24)19-10-12-7-8-12/h3,5-6,9,12,14,19H,2,4,7-8,10-11H2,1H3,(H,18,20)(H,21,22). The molecule has 1 fully saturated rings. The minimum absolute atomic E-state index is 0.0128. The summed E-state index contributed by atoms with van der Waals surface area (Å²) >= 11 is 0. The lowest BCUT2D eigenvalue weighted by atomic mass is 10.0. The molecule has 0 bridgehead atoms. The predicted octanol–water partition coefficient (Wildman–Crippen LogP) is 1.61. The van der Waals surface area contributed by atoms with Gasteiger partial charge in [-0.2, -0.15) is 0 Å². The van der Waals surface area contributed by atoms with Crippen LogP contribution in [0.25, 0.3) is 0 Å². The number of rotatable bonds is 10. The smallest absolute Gasteiger partial charge is 0.308 e. The number of nitrogens with one attached hydrogen (secondary N) is 2. The Morgan fingerprint density at radius 1 is 1.32 bits per heavy atom. The van der Waals surface area contributed by atoms with Crippen LogP contribution in [-0.4, -0.2) is 38.5 Å². The summed E-state index contributed by atoms with van der Waals surface area (Å²) in [6, 6.07) is 5.75. The summed E-state index contributed by atoms with van der Waals surface area (Å²) in [7, 11) is -3.65. The summed E-state index contributed by atoms with van der Waals surface area (Å²) in [6.45, 7) is 2.30. The fourth-order valence-corrected chi connectivity index (χ4v) is 3.58. The van der Waals surface area contributed by atoms with Gasteiger partial charge in [-0.05, 0) is 43.4 Å². The SMILES string of the molecule is CCCC(CNC(=O)c1cccc(S(=O)(=O)NCC2CC2)c1)C(=O)O. The van der Waals surface area contributed by atoms with Gasteiger partial charge >= 0.3 is 5.97 Å². The molecular weight excluding hydrogens is 344 g/mol. The van der Waals surface area contributed by atoms with Crippen molar-refractivity contribution in [2.24, 2.45) is 11.8 Å². The third-order valence-corrected chi connectivity index (χ3v) is 5.58. The van der Waals surface area contributed by atoms with E-state index in [1.165, 1.54) is 24.3 Å². The quantitative estimate of drug-likeness (QED) is 0.581. The van der Waals surface area contributed by atoms with Crippen LogP contribution in [0, 0.1) is 11.8 Å². The molecule has 2 rings (SSSR count). The third-order valence-electron chi connectivity index (χ3n) is 4.16. The van der Waals surface area contributed by atoms with Gasteiger partial charge in [-0.25, -0.2) is 13.1 Å². The second kappa shape index (κ2) is 8.44. The van der Waals surface area contributed by atoms with Gasteiger partial charge in [-0.15, -0.1) is 0 Å². The molecule has 1 aromatic carbocycles. The lowest BCUT2D eigenvalue weighted by Gasteiger charge is -2.13. The van der Waals surface area contributed by atoms with Crippen molar-refractivity contribution in [1.82, 2.24) is 10.0 Å². The molecule has 1 unspecified atom stereocenters. The van der Waals surface area contributed by atoms with Crippen LogP contribution in [0.3, 0.4) is 0 Å². The average molecular weight is 368 g/mol. The summed E-state index contributed by atoms with van der Waals surface area (Å²) < 4.78 is 27.1. The van der Waals surface area contributed by atoms with Gasteiger partial charge in [0.2, 0.25) is 10.0 Å². The van der Waals surface area contributed by atoms with Crippen molar-refractivity contribution < 1.29 is 23.1 Å². The summed E-state index contributed by atoms with van der Waals surface area (Å²) in [6.07, 6.45) is 3.24. The molecule has 1 saturated carbocycles. The molecule has 0 aromatic heterocycles. The lowest BCUT2D eigenvalue weighted by molar-refractivity contribution is -0.141. The number of carboxylic acids is 1. The number of amides is 1. The Kier molecular flexibility index (Phi) is 6.55. The van der Waals surface area contributed by atoms with E-state index in [1.54, 1.807) is 0 Å². The third kappa shape index (κ3) is 5.82. The number of benzene rings is 1. The Bertz CT molecular complexity index is 728. The van der Waals surface area contributed by atoms with Crippen molar-refractivity contribution in [3.05, 3.63) is 29.8 Å². The van der Waals surface area contributed by atoms with E-state index >= 15 is 0 Å². The predicted molar refractivity (Wildman–Crippen MR) is 92.7 cm³/mol. The molecular formula is C17H24N2O5S. The van der Waals surface area contributed by atoms with Crippen LogP contribution in [0.4, 0.5) is 0 Å². The summed E-state index contributed by atoms with van der Waals surface area (Å²) in [5.41, 5.74) is 0.190. The highest BCUT2D eigenvalue weighted by Gasteiger charge is 2.25. The molecule has 0 heterocycles. The zero-order valence-electron chi connectivity index (χ0n) is 14.2. The molecule has 1 amide bonds. The number of sulfonamides is 1. The van der Waals surface area contributed by atoms with Crippen molar-refractivity contribution in [3.63, 3.8) is 0 Å². The average Bonchev–Trinajstić information content (AvgIpc) is 3.41. The molecule has 8 heteroatoms. The van der Waals surface area contributed by atoms with E-state index in [1.807, 2.05) is 6.92 Å². The Morgan fingerprint density at radius 2 is 2.04 bits per heavy atom. The topological polar surface area (TPSA) is 113 Å². The van der Waals surface area contributed by atoms with Crippen LogP contribution in [0.2, 0.25) is 0 Å². The van der Waals surface area contributed by atoms with Crippen LogP contribution >= 0.6 is 0 Å². The minimum atomic E-state index is -3.65. The normalized spacial score (nSPS) is 15.6. The van der Waals surface area contributed by atoms with Gasteiger partial charge in [0, 0.05) is 18.7 Å². The number of carboxylic acid groups (broad SMARTS) is 1. The van der Waals surface area contributed by atoms with E-state index in [0.29, 0.717) is 25.3 Å². The highest BCUT2D eigenvalue weighted by Crippen LogP contribution is 2.28. The highest BCUT2D eigenvalue weighted by molar-refractivity contribution is 7.89. The van der Waals surface area contributed by atoms with Gasteiger partial charge in [-0.1, -0.05) is 19.4 Å². The Balaban J connectivity index is 2.01. The first kappa shape index (κ1) is 19.4. The molecule has 1 aromatic rings. The maximum atomic E-state index is 12.3. The van der Waals surface area contributed by atoms with Gasteiger partial charge in [-0.3, -0.25) is 9.59 Å². The molecule has 138 valence electrons. The molecule has 1 aliphatic rings. The van der Waals surface area contributed by atoms with E-state index in [0.717, 1.165) is 12.8 Å². The summed E-state index contributed by atoms with van der Waals surface area (Å²) in [5.74, 6) is -1.68. The van der Waals surface area contributed by atoms with Gasteiger partial charge in [0.15, 0.2) is 0 Å². The monoisotopic (exact) mass is 368 g/mol. The zero-order valence-corrected chi connectivity index (χ0v) is 15.0. The van der Waals surface area contributed by atoms with Crippen molar-refractivity contribution in [2.45, 2.75) is 37.5 Å². The first-order valence-corrected chi connectivity index (χ1v) is 9.92. The van der Waals surface area contributed by atoms with E-state index in [9.17, 15) is 18.0 Å². The number of carbonyl (C=O) groups excluding carboxylic acids is 1. The van der Waals surface area contributed by atoms with Crippen molar-refractivity contribution >= 4 is 21.9 Å². The largest absolute Gasteiger partial charge is 0.481 e. The number of hydrogen-bond donors (Lipinski definition) is 3. The van der Waals surface area contributed by atoms with E-state index < -0.39 is 27.8 Å². The lowest BCUT2D eigenvalue weighted by Crippen LogP contribution is -2.33. The highest BCUT2D eigenvalue weighted by atomic mass is 32.2. The van der Waals surface area contributed by atoms with E-state index in [4.69, 9.17) is 5.11 Å². The fourth-order valence-electron chi connectivity index (χ4n) is 2.42. The molecule has 0 aliphatic heterocycles. The fraction of sp³-hybridized carbons (Fsp3) is 0.529. The van der Waals surface area contributed by atoms with Crippen molar-refractivity contribution in [1.29, 1.82) is 0 Å². The summed E-state index contributed by atoms with van der Waals surface area (Å²) in [4.78, 5) is 23.4. The van der Waals surface area contributed by atoms with Crippen LogP contribution < -0.4 is 10.0 Å². The van der Waals surface area contributed by atoms with Gasteiger partial charge in [0.1, 0.15) is 0 Å². The van der Waals surface area contributed by atoms with Crippen LogP contribution in [0.5, 0.6) is 0 Å². The molecule has 1 aliphatic carbocycles. The van der Waals surface area contributed by atoms with Gasteiger partial charge < -0.3 is 10.4 Å². The maximum Gasteiger partial charge on any atom is 0.308 e. The Labute approximate surface area is 147 Å². The molecule has 1 atom stereocenters. The first-order valence-electron chi connectivity index (χ1n) is 8.44. The number of aliphatic carboxylic acids is 1. The molecule has 0 radical (unpaired) electrons. The number of hydrogen-bond acceptors (Lipinski definition) is 4. The molecule has 3 N–H and O–H groups in total. The Hall–Kier alpha value is -1.93. The van der Waals surface area contributed by atoms with Gasteiger partial charge in [0.25, 0.3) is 5.91 Å². The molecule has 7 nitrogen and oxygen atoms in total. The van der Waals surface area contributed by atoms with Crippen molar-refractivity contribution in [2.75, 3.05) is 13.1 Å². The minimum Gasteiger partial charge on any atom is -0.481 e. The van der Waals surface area contributed by atoms with Crippen molar-refractivity contribution in [3.8, 4) is 0 Å². The maximum absolute atomic E-state index is 12.3. The Morgan fingerprint density at radius 3 is 2.64 bits per heavy atom. The second-order valence-electron chi connectivity index (χ2n) is 6.36. The van der Waals surface area contributed by atoms with Crippen LogP contribution in [-0.2, 0) is 14.8 Å². The van der Waals surface area contributed by atoms with Gasteiger partial charge in [0.05, 0.1) is 10.8 Å². The van der Waals surface area contributed by atoms with Crippen LogP contribution in [0.15, 0.2) is 29.2 Å². The molecule has 25 heavy (non-hydrogen) atoms. The summed E-state index contributed by atoms with van der Waals surface area (Å²) in [5, 5.41) is 11.7. The first-order chi connectivity index (χ1) is 11.8. The zero-order chi connectivity index (χ0) is 18.4. The van der Waals surface area contributed by atoms with E-state index in [2.05, 4.69) is 10.0 Å². The second-order valence-corrected chi connectivity index (χ2v) is 8.12. The number of carbonyl (C=O) groups is 2. The molecule has 0 saturated heterocycles. The molecule has 0 spiro atoms.